The number of ketones is 1. The summed E-state index contributed by atoms with van der Waals surface area (Å²) in [7, 11) is 0. The molecule has 21 heavy (non-hydrogen) atoms. The Kier molecular flexibility index (Phi) is 2.59. The van der Waals surface area contributed by atoms with E-state index in [-0.39, 0.29) is 16.7 Å². The molecule has 3 rings (SSSR count). The summed E-state index contributed by atoms with van der Waals surface area (Å²) in [6.07, 6.45) is 0. The van der Waals surface area contributed by atoms with E-state index in [0.717, 1.165) is 6.07 Å². The van der Waals surface area contributed by atoms with Gasteiger partial charge in [-0.15, -0.1) is 0 Å². The number of nitro groups is 2. The van der Waals surface area contributed by atoms with E-state index in [4.69, 9.17) is 0 Å². The zero-order valence-electron chi connectivity index (χ0n) is 10.8. The molecule has 104 valence electrons. The van der Waals surface area contributed by atoms with Gasteiger partial charge < -0.3 is 0 Å². The van der Waals surface area contributed by atoms with Crippen molar-refractivity contribution in [1.82, 2.24) is 0 Å². The van der Waals surface area contributed by atoms with E-state index in [0.29, 0.717) is 11.1 Å². The minimum atomic E-state index is -0.709. The number of nitrogens with zero attached hydrogens (tertiary/aromatic N) is 2. The van der Waals surface area contributed by atoms with Crippen LogP contribution in [0.15, 0.2) is 30.3 Å². The number of rotatable bonds is 2. The van der Waals surface area contributed by atoms with Gasteiger partial charge in [0.2, 0.25) is 0 Å². The molecule has 1 aliphatic rings. The van der Waals surface area contributed by atoms with E-state index < -0.39 is 27.0 Å². The lowest BCUT2D eigenvalue weighted by Crippen LogP contribution is -2.04. The topological polar surface area (TPSA) is 103 Å². The Morgan fingerprint density at radius 2 is 1.48 bits per heavy atom. The molecule has 0 fully saturated rings. The van der Waals surface area contributed by atoms with Crippen molar-refractivity contribution in [3.63, 3.8) is 0 Å². The van der Waals surface area contributed by atoms with Gasteiger partial charge in [0.1, 0.15) is 0 Å². The molecule has 0 atom stereocenters. The van der Waals surface area contributed by atoms with Gasteiger partial charge in [0.05, 0.1) is 21.5 Å². The first-order valence-corrected chi connectivity index (χ1v) is 6.04. The van der Waals surface area contributed by atoms with Crippen LogP contribution < -0.4 is 0 Å². The highest BCUT2D eigenvalue weighted by atomic mass is 16.6. The molecule has 0 unspecified atom stereocenters. The molecular weight excluding hydrogens is 276 g/mol. The Balaban J connectivity index is 2.48. The van der Waals surface area contributed by atoms with Crippen LogP contribution >= 0.6 is 0 Å². The van der Waals surface area contributed by atoms with E-state index in [1.807, 2.05) is 0 Å². The van der Waals surface area contributed by atoms with Crippen LogP contribution in [0.2, 0.25) is 0 Å². The number of hydrogen-bond donors (Lipinski definition) is 0. The summed E-state index contributed by atoms with van der Waals surface area (Å²) in [6.45, 7) is 1.43. The van der Waals surface area contributed by atoms with Crippen molar-refractivity contribution in [2.75, 3.05) is 0 Å². The fourth-order valence-corrected chi connectivity index (χ4v) is 2.68. The van der Waals surface area contributed by atoms with Gasteiger partial charge in [0.25, 0.3) is 11.4 Å². The maximum absolute atomic E-state index is 12.4. The van der Waals surface area contributed by atoms with E-state index in [1.54, 1.807) is 24.3 Å². The standard InChI is InChI=1S/C14H8N2O5/c1-7-10(15(18)19)6-11(16(20)21)13-8-4-2-3-5-9(8)14(17)12(7)13/h2-6H,1H3. The first kappa shape index (κ1) is 12.9. The molecule has 0 heterocycles. The lowest BCUT2D eigenvalue weighted by molar-refractivity contribution is -0.394. The highest BCUT2D eigenvalue weighted by Gasteiger charge is 2.38. The lowest BCUT2D eigenvalue weighted by Gasteiger charge is -2.05. The Morgan fingerprint density at radius 3 is 2.05 bits per heavy atom. The molecular formula is C14H8N2O5. The summed E-state index contributed by atoms with van der Waals surface area (Å²) >= 11 is 0. The molecule has 0 aliphatic heterocycles. The maximum Gasteiger partial charge on any atom is 0.284 e. The van der Waals surface area contributed by atoms with Crippen molar-refractivity contribution in [1.29, 1.82) is 0 Å². The van der Waals surface area contributed by atoms with Crippen LogP contribution in [0, 0.1) is 27.2 Å². The van der Waals surface area contributed by atoms with Gasteiger partial charge in [-0.2, -0.15) is 0 Å². The van der Waals surface area contributed by atoms with E-state index in [1.165, 1.54) is 6.92 Å². The summed E-state index contributed by atoms with van der Waals surface area (Å²) in [4.78, 5) is 33.3. The van der Waals surface area contributed by atoms with E-state index in [9.17, 15) is 25.0 Å². The van der Waals surface area contributed by atoms with E-state index >= 15 is 0 Å². The zero-order valence-corrected chi connectivity index (χ0v) is 10.8. The number of nitro benzene ring substituents is 2. The summed E-state index contributed by atoms with van der Waals surface area (Å²) < 4.78 is 0. The summed E-state index contributed by atoms with van der Waals surface area (Å²) in [6, 6.07) is 7.41. The molecule has 0 amide bonds. The first-order chi connectivity index (χ1) is 9.93. The van der Waals surface area contributed by atoms with Crippen molar-refractivity contribution in [3.05, 3.63) is 67.3 Å². The van der Waals surface area contributed by atoms with Gasteiger partial charge in [-0.05, 0) is 6.92 Å². The second-order valence-corrected chi connectivity index (χ2v) is 4.68. The number of fused-ring (bicyclic) bond motifs is 3. The van der Waals surface area contributed by atoms with Gasteiger partial charge in [-0.3, -0.25) is 25.0 Å². The second-order valence-electron chi connectivity index (χ2n) is 4.68. The number of carbonyl (C=O) groups excluding carboxylic acids is 1. The zero-order chi connectivity index (χ0) is 15.3. The smallest absolute Gasteiger partial charge is 0.284 e. The third-order valence-corrected chi connectivity index (χ3v) is 3.60. The van der Waals surface area contributed by atoms with Crippen molar-refractivity contribution < 1.29 is 14.6 Å². The Hall–Kier alpha value is -3.09. The van der Waals surface area contributed by atoms with Crippen molar-refractivity contribution in [2.45, 2.75) is 6.92 Å². The number of carbonyl (C=O) groups is 1. The number of hydrogen-bond acceptors (Lipinski definition) is 5. The van der Waals surface area contributed by atoms with Crippen LogP contribution in [0.4, 0.5) is 11.4 Å². The molecule has 7 nitrogen and oxygen atoms in total. The molecule has 2 aromatic rings. The van der Waals surface area contributed by atoms with Gasteiger partial charge in [0.15, 0.2) is 5.78 Å². The minimum Gasteiger partial charge on any atom is -0.289 e. The fraction of sp³-hybridized carbons (Fsp3) is 0.0714. The predicted octanol–water partition coefficient (Wildman–Crippen LogP) is 3.02. The highest BCUT2D eigenvalue weighted by molar-refractivity contribution is 6.24. The fourth-order valence-electron chi connectivity index (χ4n) is 2.68. The molecule has 1 aliphatic carbocycles. The quantitative estimate of drug-likeness (QED) is 0.531. The Labute approximate surface area is 118 Å². The normalized spacial score (nSPS) is 12.0. The monoisotopic (exact) mass is 284 g/mol. The average Bonchev–Trinajstić information content (AvgIpc) is 2.73. The molecule has 0 saturated heterocycles. The average molecular weight is 284 g/mol. The van der Waals surface area contributed by atoms with Crippen LogP contribution in [-0.2, 0) is 0 Å². The molecule has 0 saturated carbocycles. The van der Waals surface area contributed by atoms with Crippen molar-refractivity contribution in [2.24, 2.45) is 0 Å². The van der Waals surface area contributed by atoms with Crippen LogP contribution in [0.1, 0.15) is 21.5 Å². The van der Waals surface area contributed by atoms with Gasteiger partial charge in [-0.1, -0.05) is 24.3 Å². The third kappa shape index (κ3) is 1.64. The lowest BCUT2D eigenvalue weighted by atomic mass is 9.98. The first-order valence-electron chi connectivity index (χ1n) is 6.04. The molecule has 0 aromatic heterocycles. The summed E-state index contributed by atoms with van der Waals surface area (Å²) in [5, 5.41) is 22.3. The molecule has 0 bridgehead atoms. The minimum absolute atomic E-state index is 0.0529. The summed E-state index contributed by atoms with van der Waals surface area (Å²) in [5.41, 5.74) is 0.325. The van der Waals surface area contributed by atoms with Gasteiger partial charge in [0, 0.05) is 22.3 Å². The molecule has 0 spiro atoms. The van der Waals surface area contributed by atoms with Gasteiger partial charge in [-0.25, -0.2) is 0 Å². The molecule has 0 radical (unpaired) electrons. The SMILES string of the molecule is Cc1c([N+](=O)[O-])cc([N+](=O)[O-])c2c1C(=O)c1ccccc1-2. The Morgan fingerprint density at radius 1 is 0.905 bits per heavy atom. The predicted molar refractivity (Wildman–Crippen MR) is 73.4 cm³/mol. The third-order valence-electron chi connectivity index (χ3n) is 3.60. The number of benzene rings is 2. The highest BCUT2D eigenvalue weighted by Crippen LogP contribution is 2.46. The Bertz CT molecular complexity index is 841. The maximum atomic E-state index is 12.4. The van der Waals surface area contributed by atoms with Crippen LogP contribution in [0.5, 0.6) is 0 Å². The molecule has 2 aromatic carbocycles. The largest absolute Gasteiger partial charge is 0.289 e. The van der Waals surface area contributed by atoms with Crippen molar-refractivity contribution >= 4 is 17.2 Å². The van der Waals surface area contributed by atoms with Crippen molar-refractivity contribution in [3.8, 4) is 11.1 Å². The van der Waals surface area contributed by atoms with Gasteiger partial charge >= 0.3 is 0 Å². The molecule has 0 N–H and O–H groups in total. The molecule has 7 heteroatoms. The second kappa shape index (κ2) is 4.20. The van der Waals surface area contributed by atoms with E-state index in [2.05, 4.69) is 0 Å². The van der Waals surface area contributed by atoms with Crippen LogP contribution in [0.25, 0.3) is 11.1 Å². The van der Waals surface area contributed by atoms with Crippen LogP contribution in [-0.4, -0.2) is 15.6 Å². The summed E-state index contributed by atoms with van der Waals surface area (Å²) in [5.74, 6) is -0.412. The van der Waals surface area contributed by atoms with Crippen LogP contribution in [0.3, 0.4) is 0 Å².